The molecule has 3 N–H and O–H groups in total. The van der Waals surface area contributed by atoms with Gasteiger partial charge in [-0.2, -0.15) is 0 Å². The minimum absolute atomic E-state index is 0.135. The van der Waals surface area contributed by atoms with Gasteiger partial charge in [-0.1, -0.05) is 6.07 Å². The highest BCUT2D eigenvalue weighted by Crippen LogP contribution is 2.50. The number of amides is 1. The van der Waals surface area contributed by atoms with Gasteiger partial charge < -0.3 is 25.3 Å². The van der Waals surface area contributed by atoms with Crippen molar-refractivity contribution >= 4 is 11.6 Å². The zero-order valence-corrected chi connectivity index (χ0v) is 16.4. The summed E-state index contributed by atoms with van der Waals surface area (Å²) in [6.07, 6.45) is 1.30. The Morgan fingerprint density at radius 2 is 1.82 bits per heavy atom. The highest BCUT2D eigenvalue weighted by atomic mass is 16.5. The number of nitrogens with one attached hydrogen (secondary N) is 1. The van der Waals surface area contributed by atoms with Crippen LogP contribution in [0.4, 0.5) is 5.69 Å². The maximum Gasteiger partial charge on any atom is 0.217 e. The summed E-state index contributed by atoms with van der Waals surface area (Å²) in [6, 6.07) is 6.48. The predicted octanol–water partition coefficient (Wildman–Crippen LogP) is 2.45. The number of carbonyl (C=O) groups excluding carboxylic acids is 1. The maximum absolute atomic E-state index is 12.5. The summed E-state index contributed by atoms with van der Waals surface area (Å²) in [6.45, 7) is 1.47. The molecule has 0 saturated carbocycles. The fourth-order valence-corrected chi connectivity index (χ4v) is 3.72. The Kier molecular flexibility index (Phi) is 5.44. The SMILES string of the molecule is COc1cc2c(c(OC)c1OC)-c1cc(=O)c(N)ccc1[C@@H](NC(C)=O)CC2. The number of carbonyl (C=O) groups is 1. The standard InChI is InChI=1S/C21H24N2O5/c1-11(24)23-16-8-5-12-9-18(26-2)20(27-3)21(28-4)19(12)14-10-17(25)15(22)7-6-13(14)16/h6-7,9-10,16H,5,8H2,1-4H3,(H2,22,25)(H,23,24)/t16-/m0/s1. The molecular weight excluding hydrogens is 360 g/mol. The Labute approximate surface area is 163 Å². The van der Waals surface area contributed by atoms with Crippen LogP contribution in [0.3, 0.4) is 0 Å². The molecule has 2 aromatic carbocycles. The normalized spacial score (nSPS) is 14.9. The minimum Gasteiger partial charge on any atom is -0.493 e. The third kappa shape index (κ3) is 3.35. The molecule has 0 aliphatic heterocycles. The number of nitrogen functional groups attached to an aromatic ring is 1. The molecule has 0 fully saturated rings. The number of benzene rings is 1. The summed E-state index contributed by atoms with van der Waals surface area (Å²) >= 11 is 0. The quantitative estimate of drug-likeness (QED) is 0.840. The van der Waals surface area contributed by atoms with Crippen LogP contribution >= 0.6 is 0 Å². The van der Waals surface area contributed by atoms with E-state index in [9.17, 15) is 9.59 Å². The van der Waals surface area contributed by atoms with E-state index in [4.69, 9.17) is 19.9 Å². The van der Waals surface area contributed by atoms with Crippen molar-refractivity contribution in [2.45, 2.75) is 25.8 Å². The lowest BCUT2D eigenvalue weighted by molar-refractivity contribution is -0.119. The third-order valence-electron chi connectivity index (χ3n) is 4.95. The second-order valence-corrected chi connectivity index (χ2v) is 6.64. The van der Waals surface area contributed by atoms with Gasteiger partial charge in [0.25, 0.3) is 0 Å². The third-order valence-corrected chi connectivity index (χ3v) is 4.95. The highest BCUT2D eigenvalue weighted by molar-refractivity contribution is 5.83. The maximum atomic E-state index is 12.5. The van der Waals surface area contributed by atoms with E-state index in [2.05, 4.69) is 5.32 Å². The van der Waals surface area contributed by atoms with Gasteiger partial charge in [-0.05, 0) is 47.7 Å². The molecule has 28 heavy (non-hydrogen) atoms. The summed E-state index contributed by atoms with van der Waals surface area (Å²) in [4.78, 5) is 24.3. The molecule has 7 heteroatoms. The van der Waals surface area contributed by atoms with Crippen molar-refractivity contribution in [1.29, 1.82) is 0 Å². The van der Waals surface area contributed by atoms with Crippen LogP contribution in [0.25, 0.3) is 11.1 Å². The van der Waals surface area contributed by atoms with Crippen LogP contribution in [0.15, 0.2) is 29.1 Å². The number of hydrogen-bond donors (Lipinski definition) is 2. The number of nitrogens with two attached hydrogens (primary N) is 1. The van der Waals surface area contributed by atoms with Crippen LogP contribution in [-0.4, -0.2) is 27.2 Å². The van der Waals surface area contributed by atoms with Gasteiger partial charge in [0.15, 0.2) is 11.5 Å². The Morgan fingerprint density at radius 1 is 1.11 bits per heavy atom. The topological polar surface area (TPSA) is 99.9 Å². The van der Waals surface area contributed by atoms with E-state index >= 15 is 0 Å². The molecular formula is C21H24N2O5. The van der Waals surface area contributed by atoms with E-state index < -0.39 is 0 Å². The van der Waals surface area contributed by atoms with Crippen molar-refractivity contribution < 1.29 is 19.0 Å². The number of methoxy groups -OCH3 is 3. The van der Waals surface area contributed by atoms with Gasteiger partial charge >= 0.3 is 0 Å². The molecule has 2 aromatic rings. The smallest absolute Gasteiger partial charge is 0.217 e. The first kappa shape index (κ1) is 19.5. The average molecular weight is 384 g/mol. The van der Waals surface area contributed by atoms with Gasteiger partial charge in [0.1, 0.15) is 0 Å². The van der Waals surface area contributed by atoms with Crippen molar-refractivity contribution in [2.75, 3.05) is 27.1 Å². The van der Waals surface area contributed by atoms with Gasteiger partial charge in [0, 0.05) is 12.5 Å². The average Bonchev–Trinajstić information content (AvgIpc) is 2.90. The molecule has 1 aliphatic carbocycles. The number of anilines is 1. The molecule has 0 saturated heterocycles. The molecule has 1 aliphatic rings. The number of aryl methyl sites for hydroxylation is 1. The molecule has 1 atom stereocenters. The number of rotatable bonds is 4. The predicted molar refractivity (Wildman–Crippen MR) is 107 cm³/mol. The van der Waals surface area contributed by atoms with Crippen LogP contribution in [0.1, 0.15) is 30.5 Å². The van der Waals surface area contributed by atoms with Gasteiger partial charge in [-0.15, -0.1) is 0 Å². The first-order valence-electron chi connectivity index (χ1n) is 8.94. The van der Waals surface area contributed by atoms with Crippen molar-refractivity contribution in [1.82, 2.24) is 5.32 Å². The van der Waals surface area contributed by atoms with Crippen molar-refractivity contribution in [3.63, 3.8) is 0 Å². The van der Waals surface area contributed by atoms with Crippen LogP contribution in [-0.2, 0) is 11.2 Å². The number of ether oxygens (including phenoxy) is 3. The lowest BCUT2D eigenvalue weighted by atomic mass is 9.95. The van der Waals surface area contributed by atoms with E-state index in [1.54, 1.807) is 26.4 Å². The van der Waals surface area contributed by atoms with E-state index in [1.807, 2.05) is 6.07 Å². The zero-order valence-electron chi connectivity index (χ0n) is 16.4. The zero-order chi connectivity index (χ0) is 20.4. The van der Waals surface area contributed by atoms with Crippen LogP contribution in [0.5, 0.6) is 17.2 Å². The fourth-order valence-electron chi connectivity index (χ4n) is 3.72. The van der Waals surface area contributed by atoms with Crippen LogP contribution in [0, 0.1) is 0 Å². The largest absolute Gasteiger partial charge is 0.493 e. The van der Waals surface area contributed by atoms with Gasteiger partial charge in [-0.3, -0.25) is 9.59 Å². The van der Waals surface area contributed by atoms with Crippen molar-refractivity contribution in [2.24, 2.45) is 0 Å². The minimum atomic E-state index is -0.299. The van der Waals surface area contributed by atoms with Crippen LogP contribution in [0.2, 0.25) is 0 Å². The molecule has 0 aromatic heterocycles. The molecule has 0 heterocycles. The molecule has 0 unspecified atom stereocenters. The Hall–Kier alpha value is -3.22. The summed E-state index contributed by atoms with van der Waals surface area (Å²) in [5.41, 5.74) is 8.85. The van der Waals surface area contributed by atoms with Crippen molar-refractivity contribution in [3.05, 3.63) is 45.6 Å². The van der Waals surface area contributed by atoms with E-state index in [0.29, 0.717) is 35.7 Å². The highest BCUT2D eigenvalue weighted by Gasteiger charge is 2.29. The first-order valence-corrected chi connectivity index (χ1v) is 8.94. The monoisotopic (exact) mass is 384 g/mol. The molecule has 7 nitrogen and oxygen atoms in total. The molecule has 0 bridgehead atoms. The Morgan fingerprint density at radius 3 is 2.43 bits per heavy atom. The van der Waals surface area contributed by atoms with Gasteiger partial charge in [0.05, 0.1) is 33.1 Å². The molecule has 148 valence electrons. The molecule has 0 spiro atoms. The second kappa shape index (κ2) is 7.80. The summed E-state index contributed by atoms with van der Waals surface area (Å²) in [5, 5.41) is 2.98. The Bertz CT molecular complexity index is 987. The van der Waals surface area contributed by atoms with Crippen molar-refractivity contribution in [3.8, 4) is 28.4 Å². The Balaban J connectivity index is 2.42. The summed E-state index contributed by atoms with van der Waals surface area (Å²) in [5.74, 6) is 1.32. The van der Waals surface area contributed by atoms with E-state index in [0.717, 1.165) is 16.7 Å². The van der Waals surface area contributed by atoms with E-state index in [1.165, 1.54) is 20.1 Å². The van der Waals surface area contributed by atoms with Crippen LogP contribution < -0.4 is 30.7 Å². The summed E-state index contributed by atoms with van der Waals surface area (Å²) < 4.78 is 16.7. The van der Waals surface area contributed by atoms with E-state index in [-0.39, 0.29) is 23.1 Å². The summed E-state index contributed by atoms with van der Waals surface area (Å²) in [7, 11) is 4.64. The molecule has 1 amide bonds. The van der Waals surface area contributed by atoms with Gasteiger partial charge in [0.2, 0.25) is 17.1 Å². The fraction of sp³-hybridized carbons (Fsp3) is 0.333. The molecule has 3 rings (SSSR count). The van der Waals surface area contributed by atoms with Gasteiger partial charge in [-0.25, -0.2) is 0 Å². The number of hydrogen-bond acceptors (Lipinski definition) is 6. The lowest BCUT2D eigenvalue weighted by Crippen LogP contribution is -2.26. The molecule has 0 radical (unpaired) electrons. The lowest BCUT2D eigenvalue weighted by Gasteiger charge is -2.19. The first-order chi connectivity index (χ1) is 13.4. The second-order valence-electron chi connectivity index (χ2n) is 6.64. The number of fused-ring (bicyclic) bond motifs is 3.